The van der Waals surface area contributed by atoms with Crippen LogP contribution in [0, 0.1) is 0 Å². The first kappa shape index (κ1) is 13.9. The maximum atomic E-state index is 6.19. The Kier molecular flexibility index (Phi) is 3.80. The summed E-state index contributed by atoms with van der Waals surface area (Å²) in [6, 6.07) is 9.68. The molecule has 3 rings (SSSR count). The van der Waals surface area contributed by atoms with E-state index in [-0.39, 0.29) is 0 Å². The summed E-state index contributed by atoms with van der Waals surface area (Å²) in [7, 11) is 0. The number of nitrogens with zero attached hydrogens (tertiary/aromatic N) is 4. The molecule has 21 heavy (non-hydrogen) atoms. The second kappa shape index (κ2) is 5.74. The Labute approximate surface area is 129 Å². The van der Waals surface area contributed by atoms with Gasteiger partial charge in [0.1, 0.15) is 0 Å². The largest absolute Gasteiger partial charge is 0.331 e. The van der Waals surface area contributed by atoms with Gasteiger partial charge in [0, 0.05) is 12.4 Å². The van der Waals surface area contributed by atoms with Crippen LogP contribution < -0.4 is 0 Å². The molecule has 2 heterocycles. The van der Waals surface area contributed by atoms with Crippen molar-refractivity contribution in [3.05, 3.63) is 65.5 Å². The summed E-state index contributed by atoms with van der Waals surface area (Å²) in [6.07, 6.45) is 5.85. The summed E-state index contributed by atoms with van der Waals surface area (Å²) in [6.45, 7) is 4.98. The smallest absolute Gasteiger partial charge is 0.0953 e. The van der Waals surface area contributed by atoms with E-state index in [0.717, 1.165) is 17.1 Å². The van der Waals surface area contributed by atoms with E-state index in [1.165, 1.54) is 0 Å². The first-order valence-electron chi connectivity index (χ1n) is 6.94. The minimum atomic E-state index is 0.437. The van der Waals surface area contributed by atoms with Crippen molar-refractivity contribution in [2.75, 3.05) is 0 Å². The van der Waals surface area contributed by atoms with Crippen LogP contribution in [0.3, 0.4) is 0 Å². The number of para-hydroxylation sites is 1. The fourth-order valence-corrected chi connectivity index (χ4v) is 2.39. The van der Waals surface area contributed by atoms with Crippen molar-refractivity contribution in [1.29, 1.82) is 0 Å². The molecule has 0 bridgehead atoms. The number of hydrogen-bond acceptors (Lipinski definition) is 2. The molecule has 0 saturated carbocycles. The topological polar surface area (TPSA) is 35.6 Å². The lowest BCUT2D eigenvalue weighted by molar-refractivity contribution is 0.742. The van der Waals surface area contributed by atoms with E-state index in [4.69, 9.17) is 11.6 Å². The van der Waals surface area contributed by atoms with Crippen LogP contribution in [0.4, 0.5) is 0 Å². The Morgan fingerprint density at radius 2 is 2.00 bits per heavy atom. The highest BCUT2D eigenvalue weighted by atomic mass is 35.5. The van der Waals surface area contributed by atoms with Crippen molar-refractivity contribution in [3.8, 4) is 5.69 Å². The maximum absolute atomic E-state index is 6.19. The second-order valence-electron chi connectivity index (χ2n) is 5.33. The Balaban J connectivity index is 1.80. The zero-order valence-corrected chi connectivity index (χ0v) is 12.8. The molecule has 4 nitrogen and oxygen atoms in total. The van der Waals surface area contributed by atoms with E-state index in [1.807, 2.05) is 42.9 Å². The minimum Gasteiger partial charge on any atom is -0.331 e. The molecular weight excluding hydrogens is 284 g/mol. The second-order valence-corrected chi connectivity index (χ2v) is 5.74. The van der Waals surface area contributed by atoms with Gasteiger partial charge < -0.3 is 4.57 Å². The Hall–Kier alpha value is -2.07. The molecule has 0 aliphatic rings. The molecule has 0 radical (unpaired) electrons. The Bertz CT molecular complexity index is 742. The van der Waals surface area contributed by atoms with Crippen LogP contribution in [-0.4, -0.2) is 19.3 Å². The highest BCUT2D eigenvalue weighted by Gasteiger charge is 2.07. The lowest BCUT2D eigenvalue weighted by Gasteiger charge is -2.03. The van der Waals surface area contributed by atoms with E-state index >= 15 is 0 Å². The van der Waals surface area contributed by atoms with Gasteiger partial charge in [-0.15, -0.1) is 0 Å². The monoisotopic (exact) mass is 300 g/mol. The molecule has 0 amide bonds. The van der Waals surface area contributed by atoms with E-state index in [1.54, 1.807) is 4.68 Å². The highest BCUT2D eigenvalue weighted by molar-refractivity contribution is 6.32. The molecule has 0 aliphatic carbocycles. The molecule has 3 aromatic rings. The van der Waals surface area contributed by atoms with Gasteiger partial charge in [-0.1, -0.05) is 37.6 Å². The van der Waals surface area contributed by atoms with Gasteiger partial charge in [-0.3, -0.25) is 0 Å². The van der Waals surface area contributed by atoms with E-state index < -0.39 is 0 Å². The van der Waals surface area contributed by atoms with Gasteiger partial charge in [0.25, 0.3) is 0 Å². The number of hydrogen-bond donors (Lipinski definition) is 0. The Morgan fingerprint density at radius 1 is 1.19 bits per heavy atom. The molecule has 1 aromatic carbocycles. The molecule has 108 valence electrons. The van der Waals surface area contributed by atoms with Gasteiger partial charge in [-0.05, 0) is 24.1 Å². The van der Waals surface area contributed by atoms with Crippen molar-refractivity contribution in [2.45, 2.75) is 26.3 Å². The van der Waals surface area contributed by atoms with Crippen LogP contribution in [0.5, 0.6) is 0 Å². The predicted molar refractivity (Wildman–Crippen MR) is 84.0 cm³/mol. The van der Waals surface area contributed by atoms with Crippen molar-refractivity contribution < 1.29 is 0 Å². The normalized spacial score (nSPS) is 11.2. The lowest BCUT2D eigenvalue weighted by Crippen LogP contribution is -2.00. The van der Waals surface area contributed by atoms with Gasteiger partial charge in [-0.2, -0.15) is 5.10 Å². The molecule has 0 N–H and O–H groups in total. The summed E-state index contributed by atoms with van der Waals surface area (Å²) in [4.78, 5) is 4.40. The summed E-state index contributed by atoms with van der Waals surface area (Å²) < 4.78 is 3.85. The maximum Gasteiger partial charge on any atom is 0.0953 e. The predicted octanol–water partition coefficient (Wildman–Crippen LogP) is 3.89. The van der Waals surface area contributed by atoms with Crippen molar-refractivity contribution in [2.24, 2.45) is 0 Å². The number of aromatic nitrogens is 4. The van der Waals surface area contributed by atoms with Gasteiger partial charge in [0.2, 0.25) is 0 Å². The summed E-state index contributed by atoms with van der Waals surface area (Å²) in [5.74, 6) is 0.437. The molecule has 5 heteroatoms. The first-order valence-corrected chi connectivity index (χ1v) is 7.32. The van der Waals surface area contributed by atoms with E-state index in [2.05, 4.69) is 34.7 Å². The van der Waals surface area contributed by atoms with Crippen LogP contribution in [0.25, 0.3) is 5.69 Å². The average Bonchev–Trinajstić information content (AvgIpc) is 3.09. The van der Waals surface area contributed by atoms with Crippen molar-refractivity contribution in [1.82, 2.24) is 19.3 Å². The lowest BCUT2D eigenvalue weighted by atomic mass is 10.2. The number of halogens is 1. The minimum absolute atomic E-state index is 0.437. The van der Waals surface area contributed by atoms with Gasteiger partial charge in [0.05, 0.1) is 35.0 Å². The third-order valence-corrected chi connectivity index (χ3v) is 3.65. The molecule has 0 unspecified atom stereocenters. The quantitative estimate of drug-likeness (QED) is 0.732. The molecule has 0 atom stereocenters. The molecule has 2 aromatic heterocycles. The van der Waals surface area contributed by atoms with E-state index in [9.17, 15) is 0 Å². The summed E-state index contributed by atoms with van der Waals surface area (Å²) >= 11 is 6.19. The van der Waals surface area contributed by atoms with Gasteiger partial charge >= 0.3 is 0 Å². The summed E-state index contributed by atoms with van der Waals surface area (Å²) in [5.41, 5.74) is 2.96. The number of imidazole rings is 1. The summed E-state index contributed by atoms with van der Waals surface area (Å²) in [5, 5.41) is 5.27. The first-order chi connectivity index (χ1) is 10.1. The fraction of sp³-hybridized carbons (Fsp3) is 0.250. The average molecular weight is 301 g/mol. The molecule has 0 saturated heterocycles. The Morgan fingerprint density at radius 3 is 2.71 bits per heavy atom. The molecular formula is C16H17ClN4. The van der Waals surface area contributed by atoms with E-state index in [0.29, 0.717) is 17.5 Å². The van der Waals surface area contributed by atoms with Crippen molar-refractivity contribution in [3.63, 3.8) is 0 Å². The molecule has 0 aliphatic heterocycles. The standard InChI is InChI=1S/C16H17ClN4/c1-12(2)15-10-20(11-18-15)9-13-7-8-21(19-13)16-6-4-3-5-14(16)17/h3-8,10-12H,9H2,1-2H3. The van der Waals surface area contributed by atoms with Crippen molar-refractivity contribution >= 4 is 11.6 Å². The van der Waals surface area contributed by atoms with Crippen LogP contribution >= 0.6 is 11.6 Å². The van der Waals surface area contributed by atoms with Crippen LogP contribution in [-0.2, 0) is 6.54 Å². The van der Waals surface area contributed by atoms with Crippen LogP contribution in [0.1, 0.15) is 31.2 Å². The number of benzene rings is 1. The molecule has 0 fully saturated rings. The van der Waals surface area contributed by atoms with Crippen LogP contribution in [0.2, 0.25) is 5.02 Å². The fourth-order valence-electron chi connectivity index (χ4n) is 2.17. The third-order valence-electron chi connectivity index (χ3n) is 3.33. The highest BCUT2D eigenvalue weighted by Crippen LogP contribution is 2.19. The van der Waals surface area contributed by atoms with Gasteiger partial charge in [-0.25, -0.2) is 9.67 Å². The third kappa shape index (κ3) is 3.00. The van der Waals surface area contributed by atoms with Crippen LogP contribution in [0.15, 0.2) is 49.1 Å². The zero-order valence-electron chi connectivity index (χ0n) is 12.1. The SMILES string of the molecule is CC(C)c1cn(Cc2ccn(-c3ccccc3Cl)n2)cn1. The zero-order chi connectivity index (χ0) is 14.8. The molecule has 0 spiro atoms. The number of rotatable bonds is 4. The van der Waals surface area contributed by atoms with Gasteiger partial charge in [0.15, 0.2) is 0 Å².